The van der Waals surface area contributed by atoms with Gasteiger partial charge < -0.3 is 14.5 Å². The summed E-state index contributed by atoms with van der Waals surface area (Å²) in [4.78, 5) is 58.2. The number of hydrogen-bond acceptors (Lipinski definition) is 7. The van der Waals surface area contributed by atoms with Crippen LogP contribution in [0.4, 0.5) is 0 Å². The number of methoxy groups -OCH3 is 1. The molecule has 3 heterocycles. The summed E-state index contributed by atoms with van der Waals surface area (Å²) in [7, 11) is 1.27. The highest BCUT2D eigenvalue weighted by atomic mass is 16.5. The van der Waals surface area contributed by atoms with Gasteiger partial charge in [-0.2, -0.15) is 0 Å². The van der Waals surface area contributed by atoms with Gasteiger partial charge in [0.2, 0.25) is 5.78 Å². The molecule has 1 unspecified atom stereocenters. The van der Waals surface area contributed by atoms with Crippen molar-refractivity contribution < 1.29 is 23.9 Å². The molecule has 1 atom stereocenters. The lowest BCUT2D eigenvalue weighted by Crippen LogP contribution is -2.26. The van der Waals surface area contributed by atoms with Gasteiger partial charge in [-0.15, -0.1) is 0 Å². The monoisotopic (exact) mass is 465 g/mol. The van der Waals surface area contributed by atoms with E-state index in [0.717, 1.165) is 25.1 Å². The number of esters is 2. The number of fused-ring (bicyclic) bond motifs is 2. The van der Waals surface area contributed by atoms with E-state index < -0.39 is 23.8 Å². The molecule has 1 N–H and O–H groups in total. The van der Waals surface area contributed by atoms with Crippen LogP contribution in [0.5, 0.6) is 0 Å². The van der Waals surface area contributed by atoms with Crippen LogP contribution >= 0.6 is 0 Å². The van der Waals surface area contributed by atoms with Crippen molar-refractivity contribution in [2.45, 2.75) is 59.1 Å². The van der Waals surface area contributed by atoms with E-state index in [1.54, 1.807) is 24.5 Å². The maximum Gasteiger partial charge on any atom is 0.339 e. The SMILES string of the molecule is COC(=O)c1c(C)[nH]c(C(=O)C(C)OC(=O)c2ccc3c(=O)n4c(nc3c2)CCCCC4)c1C. The van der Waals surface area contributed by atoms with E-state index in [9.17, 15) is 19.2 Å². The summed E-state index contributed by atoms with van der Waals surface area (Å²) in [6.45, 7) is 5.42. The molecule has 178 valence electrons. The standard InChI is InChI=1S/C25H27N3O6/c1-13-20(25(32)33-4)14(2)26-21(13)22(29)15(3)34-24(31)16-9-10-17-18(12-16)27-19-8-6-5-7-11-28(19)23(17)30/h9-10,12,15,26H,5-8,11H2,1-4H3. The largest absolute Gasteiger partial charge is 0.465 e. The van der Waals surface area contributed by atoms with Crippen molar-refractivity contribution in [1.29, 1.82) is 0 Å². The Balaban J connectivity index is 1.58. The van der Waals surface area contributed by atoms with Crippen LogP contribution < -0.4 is 5.56 Å². The van der Waals surface area contributed by atoms with Crippen LogP contribution in [0.2, 0.25) is 0 Å². The number of carbonyl (C=O) groups excluding carboxylic acids is 3. The summed E-state index contributed by atoms with van der Waals surface area (Å²) in [5, 5.41) is 0.444. The molecule has 2 aromatic heterocycles. The van der Waals surface area contributed by atoms with Crippen LogP contribution in [-0.2, 0) is 22.4 Å². The number of hydrogen-bond donors (Lipinski definition) is 1. The van der Waals surface area contributed by atoms with Gasteiger partial charge in [0.05, 0.1) is 34.8 Å². The molecule has 0 radical (unpaired) electrons. The number of H-pyrrole nitrogens is 1. The van der Waals surface area contributed by atoms with Crippen LogP contribution in [0.25, 0.3) is 10.9 Å². The van der Waals surface area contributed by atoms with Gasteiger partial charge in [0.25, 0.3) is 5.56 Å². The number of nitrogens with zero attached hydrogens (tertiary/aromatic N) is 2. The van der Waals surface area contributed by atoms with Crippen molar-refractivity contribution in [2.24, 2.45) is 0 Å². The zero-order chi connectivity index (χ0) is 24.6. The number of aromatic amines is 1. The fourth-order valence-corrected chi connectivity index (χ4v) is 4.44. The molecule has 1 aromatic carbocycles. The van der Waals surface area contributed by atoms with Crippen LogP contribution in [0.15, 0.2) is 23.0 Å². The highest BCUT2D eigenvalue weighted by molar-refractivity contribution is 6.04. The molecule has 4 rings (SSSR count). The molecule has 0 bridgehead atoms. The molecule has 0 saturated carbocycles. The van der Waals surface area contributed by atoms with Gasteiger partial charge in [0.15, 0.2) is 6.10 Å². The average Bonchev–Trinajstić information content (AvgIpc) is 2.97. The number of aryl methyl sites for hydroxylation is 2. The van der Waals surface area contributed by atoms with Crippen molar-refractivity contribution in [1.82, 2.24) is 14.5 Å². The van der Waals surface area contributed by atoms with Gasteiger partial charge in [0, 0.05) is 18.7 Å². The maximum absolute atomic E-state index is 12.9. The predicted octanol–water partition coefficient (Wildman–Crippen LogP) is 3.28. The first-order valence-electron chi connectivity index (χ1n) is 11.3. The molecule has 9 heteroatoms. The van der Waals surface area contributed by atoms with E-state index in [0.29, 0.717) is 35.1 Å². The molecule has 1 aliphatic heterocycles. The van der Waals surface area contributed by atoms with Crippen LogP contribution in [-0.4, -0.2) is 45.5 Å². The van der Waals surface area contributed by atoms with E-state index in [2.05, 4.69) is 9.97 Å². The molecular weight excluding hydrogens is 438 g/mol. The van der Waals surface area contributed by atoms with E-state index in [1.807, 2.05) is 0 Å². The third-order valence-corrected chi connectivity index (χ3v) is 6.28. The number of ether oxygens (including phenoxy) is 2. The summed E-state index contributed by atoms with van der Waals surface area (Å²) < 4.78 is 11.9. The van der Waals surface area contributed by atoms with Crippen molar-refractivity contribution in [3.05, 3.63) is 62.5 Å². The van der Waals surface area contributed by atoms with Crippen molar-refractivity contribution in [3.8, 4) is 0 Å². The first-order chi connectivity index (χ1) is 16.2. The lowest BCUT2D eigenvalue weighted by molar-refractivity contribution is 0.0317. The molecule has 34 heavy (non-hydrogen) atoms. The molecule has 0 spiro atoms. The highest BCUT2D eigenvalue weighted by Crippen LogP contribution is 2.22. The third kappa shape index (κ3) is 4.13. The van der Waals surface area contributed by atoms with Gasteiger partial charge in [-0.1, -0.05) is 6.42 Å². The number of rotatable bonds is 5. The van der Waals surface area contributed by atoms with Crippen LogP contribution in [0, 0.1) is 13.8 Å². The zero-order valence-electron chi connectivity index (χ0n) is 19.7. The third-order valence-electron chi connectivity index (χ3n) is 6.28. The topological polar surface area (TPSA) is 120 Å². The molecule has 0 fully saturated rings. The fourth-order valence-electron chi connectivity index (χ4n) is 4.44. The number of Topliss-reactive ketones (excluding diaryl/α,β-unsaturated/α-hetero) is 1. The van der Waals surface area contributed by atoms with Gasteiger partial charge in [-0.25, -0.2) is 14.6 Å². The van der Waals surface area contributed by atoms with Gasteiger partial charge >= 0.3 is 11.9 Å². The minimum atomic E-state index is -1.10. The Morgan fingerprint density at radius 2 is 1.88 bits per heavy atom. The summed E-state index contributed by atoms with van der Waals surface area (Å²) in [5.41, 5.74) is 1.94. The van der Waals surface area contributed by atoms with Crippen LogP contribution in [0.1, 0.15) is 74.5 Å². The zero-order valence-corrected chi connectivity index (χ0v) is 19.7. The van der Waals surface area contributed by atoms with Crippen LogP contribution in [0.3, 0.4) is 0 Å². The van der Waals surface area contributed by atoms with E-state index >= 15 is 0 Å². The Morgan fingerprint density at radius 1 is 1.12 bits per heavy atom. The highest BCUT2D eigenvalue weighted by Gasteiger charge is 2.28. The Kier molecular flexibility index (Phi) is 6.37. The number of aromatic nitrogens is 3. The summed E-state index contributed by atoms with van der Waals surface area (Å²) in [6, 6.07) is 4.61. The lowest BCUT2D eigenvalue weighted by atomic mass is 10.1. The molecule has 0 saturated heterocycles. The van der Waals surface area contributed by atoms with Gasteiger partial charge in [-0.3, -0.25) is 14.2 Å². The van der Waals surface area contributed by atoms with Crippen molar-refractivity contribution >= 4 is 28.6 Å². The first-order valence-corrected chi connectivity index (χ1v) is 11.3. The Bertz CT molecular complexity index is 1370. The molecular formula is C25H27N3O6. The number of benzene rings is 1. The Labute approximate surface area is 196 Å². The molecule has 3 aromatic rings. The summed E-state index contributed by atoms with van der Waals surface area (Å²) in [6.07, 6.45) is 2.57. The number of carbonyl (C=O) groups is 3. The quantitative estimate of drug-likeness (QED) is 0.453. The molecule has 9 nitrogen and oxygen atoms in total. The summed E-state index contributed by atoms with van der Waals surface area (Å²) in [5.74, 6) is -0.990. The lowest BCUT2D eigenvalue weighted by Gasteiger charge is -2.13. The maximum atomic E-state index is 12.9. The summed E-state index contributed by atoms with van der Waals surface area (Å²) >= 11 is 0. The smallest absolute Gasteiger partial charge is 0.339 e. The van der Waals surface area contributed by atoms with Gasteiger partial charge in [0.1, 0.15) is 5.82 Å². The average molecular weight is 466 g/mol. The second kappa shape index (κ2) is 9.24. The Morgan fingerprint density at radius 3 is 2.62 bits per heavy atom. The second-order valence-electron chi connectivity index (χ2n) is 8.56. The van der Waals surface area contributed by atoms with Gasteiger partial charge in [-0.05, 0) is 57.4 Å². The number of nitrogens with one attached hydrogen (secondary N) is 1. The van der Waals surface area contributed by atoms with E-state index in [1.165, 1.54) is 26.2 Å². The number of ketones is 1. The minimum Gasteiger partial charge on any atom is -0.465 e. The normalized spacial score (nSPS) is 14.2. The first kappa shape index (κ1) is 23.4. The molecule has 0 amide bonds. The second-order valence-corrected chi connectivity index (χ2v) is 8.56. The van der Waals surface area contributed by atoms with E-state index in [-0.39, 0.29) is 22.4 Å². The van der Waals surface area contributed by atoms with Crippen molar-refractivity contribution in [2.75, 3.05) is 7.11 Å². The molecule has 1 aliphatic rings. The van der Waals surface area contributed by atoms with Crippen molar-refractivity contribution in [3.63, 3.8) is 0 Å². The predicted molar refractivity (Wildman–Crippen MR) is 124 cm³/mol. The minimum absolute atomic E-state index is 0.107. The van der Waals surface area contributed by atoms with E-state index in [4.69, 9.17) is 9.47 Å². The molecule has 0 aliphatic carbocycles. The fraction of sp³-hybridized carbons (Fsp3) is 0.400. The Hall–Kier alpha value is -3.75.